The highest BCUT2D eigenvalue weighted by atomic mass is 35.5. The van der Waals surface area contributed by atoms with Gasteiger partial charge in [0.1, 0.15) is 18.5 Å². The summed E-state index contributed by atoms with van der Waals surface area (Å²) in [5.41, 5.74) is 1.42. The van der Waals surface area contributed by atoms with Gasteiger partial charge in [0.15, 0.2) is 11.5 Å². The lowest BCUT2D eigenvalue weighted by Crippen LogP contribution is -2.29. The molecule has 0 fully saturated rings. The summed E-state index contributed by atoms with van der Waals surface area (Å²) in [6.45, 7) is 2.55. The number of nitrogens with one attached hydrogen (secondary N) is 1. The first-order valence-corrected chi connectivity index (χ1v) is 9.61. The monoisotopic (exact) mass is 379 g/mol. The van der Waals surface area contributed by atoms with Crippen LogP contribution in [0.15, 0.2) is 42.5 Å². The fourth-order valence-electron chi connectivity index (χ4n) is 2.42. The van der Waals surface area contributed by atoms with Crippen LogP contribution < -0.4 is 14.8 Å². The van der Waals surface area contributed by atoms with Gasteiger partial charge in [-0.3, -0.25) is 9.00 Å². The Labute approximate surface area is 153 Å². The molecule has 0 aliphatic carbocycles. The van der Waals surface area contributed by atoms with E-state index in [0.29, 0.717) is 35.4 Å². The standard InChI is InChI=1S/C18H18ClNO4S/c1-12(18(21)20-14-5-3-2-4-6-14)25(22)11-13-9-15(19)17-16(10-13)23-7-8-24-17/h2-6,9-10,12H,7-8,11H2,1H3,(H,20,21). The van der Waals surface area contributed by atoms with Crippen LogP contribution >= 0.6 is 11.6 Å². The van der Waals surface area contributed by atoms with E-state index in [1.54, 1.807) is 31.2 Å². The molecule has 5 nitrogen and oxygen atoms in total. The minimum Gasteiger partial charge on any atom is -0.486 e. The van der Waals surface area contributed by atoms with E-state index in [-0.39, 0.29) is 11.7 Å². The lowest BCUT2D eigenvalue weighted by molar-refractivity contribution is -0.115. The van der Waals surface area contributed by atoms with Crippen LogP contribution in [0.3, 0.4) is 0 Å². The van der Waals surface area contributed by atoms with E-state index in [1.165, 1.54) is 0 Å². The molecule has 1 heterocycles. The Hall–Kier alpha value is -2.05. The molecule has 132 valence electrons. The van der Waals surface area contributed by atoms with Gasteiger partial charge in [-0.25, -0.2) is 0 Å². The van der Waals surface area contributed by atoms with E-state index >= 15 is 0 Å². The summed E-state index contributed by atoms with van der Waals surface area (Å²) in [4.78, 5) is 12.3. The van der Waals surface area contributed by atoms with Gasteiger partial charge in [0.05, 0.1) is 5.02 Å². The van der Waals surface area contributed by atoms with Crippen LogP contribution in [0.1, 0.15) is 12.5 Å². The topological polar surface area (TPSA) is 64.6 Å². The number of fused-ring (bicyclic) bond motifs is 1. The van der Waals surface area contributed by atoms with Gasteiger partial charge in [-0.1, -0.05) is 29.8 Å². The van der Waals surface area contributed by atoms with Gasteiger partial charge in [0.2, 0.25) is 5.91 Å². The zero-order chi connectivity index (χ0) is 17.8. The lowest BCUT2D eigenvalue weighted by atomic mass is 10.2. The number of hydrogen-bond acceptors (Lipinski definition) is 4. The van der Waals surface area contributed by atoms with Crippen LogP contribution in [0.5, 0.6) is 11.5 Å². The van der Waals surface area contributed by atoms with Crippen molar-refractivity contribution in [3.63, 3.8) is 0 Å². The molecule has 0 bridgehead atoms. The van der Waals surface area contributed by atoms with Crippen molar-refractivity contribution in [1.82, 2.24) is 0 Å². The fraction of sp³-hybridized carbons (Fsp3) is 0.278. The van der Waals surface area contributed by atoms with E-state index in [1.807, 2.05) is 18.2 Å². The molecule has 0 radical (unpaired) electrons. The van der Waals surface area contributed by atoms with Crippen LogP contribution in [0.25, 0.3) is 0 Å². The SMILES string of the molecule is CC(C(=O)Nc1ccccc1)S(=O)Cc1cc(Cl)c2c(c1)OCCO2. The largest absolute Gasteiger partial charge is 0.486 e. The average molecular weight is 380 g/mol. The predicted molar refractivity (Wildman–Crippen MR) is 98.8 cm³/mol. The summed E-state index contributed by atoms with van der Waals surface area (Å²) >= 11 is 6.20. The van der Waals surface area contributed by atoms with Crippen molar-refractivity contribution in [2.24, 2.45) is 0 Å². The van der Waals surface area contributed by atoms with Gasteiger partial charge >= 0.3 is 0 Å². The summed E-state index contributed by atoms with van der Waals surface area (Å²) in [5.74, 6) is 0.984. The van der Waals surface area contributed by atoms with Crippen LogP contribution in [-0.4, -0.2) is 28.6 Å². The first kappa shape index (κ1) is 17.8. The molecule has 1 amide bonds. The van der Waals surface area contributed by atoms with Gasteiger partial charge in [-0.05, 0) is 36.8 Å². The number of carbonyl (C=O) groups excluding carboxylic acids is 1. The maximum atomic E-state index is 12.6. The molecule has 2 unspecified atom stereocenters. The van der Waals surface area contributed by atoms with E-state index in [2.05, 4.69) is 5.32 Å². The first-order valence-electron chi connectivity index (χ1n) is 7.85. The molecule has 3 rings (SSSR count). The van der Waals surface area contributed by atoms with Crippen molar-refractivity contribution in [3.05, 3.63) is 53.1 Å². The molecule has 0 saturated carbocycles. The molecular weight excluding hydrogens is 362 g/mol. The number of hydrogen-bond donors (Lipinski definition) is 1. The highest BCUT2D eigenvalue weighted by Gasteiger charge is 2.22. The quantitative estimate of drug-likeness (QED) is 0.864. The summed E-state index contributed by atoms with van der Waals surface area (Å²) in [6, 6.07) is 12.6. The Balaban J connectivity index is 1.67. The molecule has 1 N–H and O–H groups in total. The molecular formula is C18H18ClNO4S. The number of amides is 1. The minimum absolute atomic E-state index is 0.208. The second kappa shape index (κ2) is 7.89. The van der Waals surface area contributed by atoms with Gasteiger partial charge in [-0.2, -0.15) is 0 Å². The number of para-hydroxylation sites is 1. The Morgan fingerprint density at radius 1 is 1.24 bits per heavy atom. The highest BCUT2D eigenvalue weighted by molar-refractivity contribution is 7.85. The lowest BCUT2D eigenvalue weighted by Gasteiger charge is -2.20. The van der Waals surface area contributed by atoms with E-state index in [4.69, 9.17) is 21.1 Å². The van der Waals surface area contributed by atoms with Crippen molar-refractivity contribution in [3.8, 4) is 11.5 Å². The van der Waals surface area contributed by atoms with E-state index in [9.17, 15) is 9.00 Å². The molecule has 2 aromatic carbocycles. The minimum atomic E-state index is -1.40. The first-order chi connectivity index (χ1) is 12.0. The van der Waals surface area contributed by atoms with Gasteiger partial charge in [0, 0.05) is 22.2 Å². The number of anilines is 1. The molecule has 0 spiro atoms. The number of ether oxygens (including phenoxy) is 2. The third-order valence-corrected chi connectivity index (χ3v) is 5.67. The molecule has 2 aromatic rings. The molecule has 0 aromatic heterocycles. The normalized spacial score (nSPS) is 15.3. The van der Waals surface area contributed by atoms with Gasteiger partial charge in [-0.15, -0.1) is 0 Å². The summed E-state index contributed by atoms with van der Waals surface area (Å²) in [5, 5.41) is 2.53. The molecule has 0 saturated heterocycles. The average Bonchev–Trinajstić information content (AvgIpc) is 2.62. The van der Waals surface area contributed by atoms with Crippen LogP contribution in [0.2, 0.25) is 5.02 Å². The van der Waals surface area contributed by atoms with Crippen molar-refractivity contribution in [2.45, 2.75) is 17.9 Å². The zero-order valence-electron chi connectivity index (χ0n) is 13.7. The van der Waals surface area contributed by atoms with Crippen molar-refractivity contribution >= 4 is 34.0 Å². The Morgan fingerprint density at radius 2 is 1.96 bits per heavy atom. The van der Waals surface area contributed by atoms with Gasteiger partial charge in [0.25, 0.3) is 0 Å². The Kier molecular flexibility index (Phi) is 5.60. The molecule has 1 aliphatic rings. The number of halogens is 1. The van der Waals surface area contributed by atoms with Crippen LogP contribution in [0, 0.1) is 0 Å². The number of rotatable bonds is 5. The summed E-state index contributed by atoms with van der Waals surface area (Å²) < 4.78 is 23.6. The smallest absolute Gasteiger partial charge is 0.239 e. The fourth-order valence-corrected chi connectivity index (χ4v) is 3.75. The number of carbonyl (C=O) groups is 1. The Morgan fingerprint density at radius 3 is 2.72 bits per heavy atom. The third-order valence-electron chi connectivity index (χ3n) is 3.77. The van der Waals surface area contributed by atoms with Crippen LogP contribution in [-0.2, 0) is 21.3 Å². The van der Waals surface area contributed by atoms with Crippen molar-refractivity contribution < 1.29 is 18.5 Å². The summed E-state index contributed by atoms with van der Waals surface area (Å²) in [6.07, 6.45) is 0. The molecule has 7 heteroatoms. The second-order valence-electron chi connectivity index (χ2n) is 5.62. The molecule has 1 aliphatic heterocycles. The zero-order valence-corrected chi connectivity index (χ0v) is 15.2. The van der Waals surface area contributed by atoms with Crippen LogP contribution in [0.4, 0.5) is 5.69 Å². The third kappa shape index (κ3) is 4.32. The van der Waals surface area contributed by atoms with Gasteiger partial charge < -0.3 is 14.8 Å². The maximum absolute atomic E-state index is 12.6. The molecule has 2 atom stereocenters. The second-order valence-corrected chi connectivity index (χ2v) is 7.79. The maximum Gasteiger partial charge on any atom is 0.239 e. The van der Waals surface area contributed by atoms with E-state index in [0.717, 1.165) is 5.56 Å². The highest BCUT2D eigenvalue weighted by Crippen LogP contribution is 2.38. The van der Waals surface area contributed by atoms with E-state index < -0.39 is 16.0 Å². The number of benzene rings is 2. The predicted octanol–water partition coefficient (Wildman–Crippen LogP) is 3.39. The van der Waals surface area contributed by atoms with Crippen molar-refractivity contribution in [2.75, 3.05) is 18.5 Å². The Bertz CT molecular complexity index is 797. The summed E-state index contributed by atoms with van der Waals surface area (Å²) in [7, 11) is -1.40. The molecule has 25 heavy (non-hydrogen) atoms. The van der Waals surface area contributed by atoms with Crippen molar-refractivity contribution in [1.29, 1.82) is 0 Å².